The number of hydrogen-bond acceptors (Lipinski definition) is 3. The van der Waals surface area contributed by atoms with Gasteiger partial charge in [0.25, 0.3) is 0 Å². The maximum atomic E-state index is 12.4. The second-order valence-corrected chi connectivity index (χ2v) is 7.79. The number of amides is 2. The molecule has 2 atom stereocenters. The predicted octanol–water partition coefficient (Wildman–Crippen LogP) is 3.07. The van der Waals surface area contributed by atoms with Crippen molar-refractivity contribution >= 4 is 29.1 Å². The molecule has 0 spiro atoms. The van der Waals surface area contributed by atoms with Gasteiger partial charge in [0, 0.05) is 32.1 Å². The Bertz CT molecular complexity index is 652. The molecule has 26 heavy (non-hydrogen) atoms. The van der Waals surface area contributed by atoms with Crippen LogP contribution in [0, 0.1) is 5.92 Å². The topological polar surface area (TPSA) is 52.7 Å². The fourth-order valence-corrected chi connectivity index (χ4v) is 4.15. The van der Waals surface area contributed by atoms with Crippen LogP contribution in [0.3, 0.4) is 0 Å². The summed E-state index contributed by atoms with van der Waals surface area (Å²) >= 11 is 6.19. The molecule has 3 rings (SSSR count). The number of nitrogens with zero attached hydrogens (tertiary/aromatic N) is 2. The van der Waals surface area contributed by atoms with Gasteiger partial charge in [0.1, 0.15) is 0 Å². The van der Waals surface area contributed by atoms with E-state index in [2.05, 4.69) is 17.1 Å². The van der Waals surface area contributed by atoms with Crippen molar-refractivity contribution in [3.8, 4) is 0 Å². The summed E-state index contributed by atoms with van der Waals surface area (Å²) in [5.74, 6) is -0.368. The monoisotopic (exact) mass is 377 g/mol. The van der Waals surface area contributed by atoms with Gasteiger partial charge in [-0.2, -0.15) is 0 Å². The van der Waals surface area contributed by atoms with Crippen LogP contribution in [0.15, 0.2) is 24.3 Å². The largest absolute Gasteiger partial charge is 0.356 e. The second-order valence-electron chi connectivity index (χ2n) is 7.38. The van der Waals surface area contributed by atoms with E-state index in [9.17, 15) is 9.59 Å². The Hall–Kier alpha value is -1.59. The minimum Gasteiger partial charge on any atom is -0.356 e. The van der Waals surface area contributed by atoms with Crippen LogP contribution in [-0.4, -0.2) is 48.9 Å². The lowest BCUT2D eigenvalue weighted by Gasteiger charge is -2.33. The molecule has 2 unspecified atom stereocenters. The zero-order valence-corrected chi connectivity index (χ0v) is 16.2. The van der Waals surface area contributed by atoms with Crippen molar-refractivity contribution in [2.75, 3.05) is 31.1 Å². The van der Waals surface area contributed by atoms with Crippen LogP contribution in [0.4, 0.5) is 5.69 Å². The summed E-state index contributed by atoms with van der Waals surface area (Å²) in [4.78, 5) is 28.9. The highest BCUT2D eigenvalue weighted by atomic mass is 35.5. The molecule has 5 nitrogen and oxygen atoms in total. The minimum absolute atomic E-state index is 0.0282. The van der Waals surface area contributed by atoms with E-state index in [4.69, 9.17) is 11.6 Å². The first-order chi connectivity index (χ1) is 12.6. The number of rotatable bonds is 6. The van der Waals surface area contributed by atoms with Gasteiger partial charge in [0.05, 0.1) is 16.6 Å². The standard InChI is InChI=1S/C20H28ClN3O2/c1-15-7-4-5-11-23(15)12-6-10-22-20(26)16-13-19(25)24(14-16)18-9-3-2-8-17(18)21/h2-3,8-9,15-16H,4-7,10-14H2,1H3,(H,22,26). The van der Waals surface area contributed by atoms with Gasteiger partial charge in [0.2, 0.25) is 11.8 Å². The molecule has 2 fully saturated rings. The Morgan fingerprint density at radius 1 is 1.31 bits per heavy atom. The van der Waals surface area contributed by atoms with E-state index in [-0.39, 0.29) is 24.2 Å². The number of carbonyl (C=O) groups is 2. The summed E-state index contributed by atoms with van der Waals surface area (Å²) in [7, 11) is 0. The Morgan fingerprint density at radius 2 is 2.12 bits per heavy atom. The van der Waals surface area contributed by atoms with Crippen molar-refractivity contribution in [1.29, 1.82) is 0 Å². The van der Waals surface area contributed by atoms with Crippen LogP contribution in [-0.2, 0) is 9.59 Å². The molecule has 0 saturated carbocycles. The van der Waals surface area contributed by atoms with Gasteiger partial charge < -0.3 is 15.1 Å². The Balaban J connectivity index is 1.44. The number of nitrogens with one attached hydrogen (secondary N) is 1. The smallest absolute Gasteiger partial charge is 0.227 e. The first-order valence-corrected chi connectivity index (χ1v) is 10.0. The molecule has 2 aliphatic rings. The zero-order chi connectivity index (χ0) is 18.5. The zero-order valence-electron chi connectivity index (χ0n) is 15.4. The highest BCUT2D eigenvalue weighted by Gasteiger charge is 2.35. The molecule has 1 N–H and O–H groups in total. The van der Waals surface area contributed by atoms with Gasteiger partial charge in [-0.1, -0.05) is 30.2 Å². The van der Waals surface area contributed by atoms with Gasteiger partial charge in [-0.25, -0.2) is 0 Å². The molecule has 1 aromatic carbocycles. The SMILES string of the molecule is CC1CCCCN1CCCNC(=O)C1CC(=O)N(c2ccccc2Cl)C1. The van der Waals surface area contributed by atoms with E-state index in [1.165, 1.54) is 25.8 Å². The molecule has 0 bridgehead atoms. The molecule has 0 radical (unpaired) electrons. The molecule has 2 saturated heterocycles. The summed E-state index contributed by atoms with van der Waals surface area (Å²) < 4.78 is 0. The number of halogens is 1. The first-order valence-electron chi connectivity index (χ1n) is 9.63. The van der Waals surface area contributed by atoms with Gasteiger partial charge in [-0.15, -0.1) is 0 Å². The molecule has 1 aromatic rings. The summed E-state index contributed by atoms with van der Waals surface area (Å²) in [5.41, 5.74) is 0.688. The van der Waals surface area contributed by atoms with Gasteiger partial charge in [0.15, 0.2) is 0 Å². The van der Waals surface area contributed by atoms with Crippen LogP contribution in [0.5, 0.6) is 0 Å². The number of carbonyl (C=O) groups excluding carboxylic acids is 2. The third kappa shape index (κ3) is 4.57. The third-order valence-corrected chi connectivity index (χ3v) is 5.82. The van der Waals surface area contributed by atoms with Crippen LogP contribution >= 0.6 is 11.6 Å². The summed E-state index contributed by atoms with van der Waals surface area (Å²) in [6.45, 7) is 5.54. The van der Waals surface area contributed by atoms with Crippen molar-refractivity contribution in [2.45, 2.75) is 45.1 Å². The van der Waals surface area contributed by atoms with Crippen LogP contribution < -0.4 is 10.2 Å². The van der Waals surface area contributed by atoms with Crippen molar-refractivity contribution in [2.24, 2.45) is 5.92 Å². The Labute approximate surface area is 160 Å². The minimum atomic E-state index is -0.298. The Kier molecular flexibility index (Phi) is 6.54. The van der Waals surface area contributed by atoms with E-state index in [1.54, 1.807) is 11.0 Å². The van der Waals surface area contributed by atoms with Gasteiger partial charge in [-0.3, -0.25) is 9.59 Å². The van der Waals surface area contributed by atoms with E-state index in [1.807, 2.05) is 18.2 Å². The molecule has 0 aromatic heterocycles. The summed E-state index contributed by atoms with van der Waals surface area (Å²) in [5, 5.41) is 3.55. The average molecular weight is 378 g/mol. The molecule has 2 aliphatic heterocycles. The molecule has 142 valence electrons. The van der Waals surface area contributed by atoms with Gasteiger partial charge in [-0.05, 0) is 44.9 Å². The molecule has 0 aliphatic carbocycles. The highest BCUT2D eigenvalue weighted by molar-refractivity contribution is 6.33. The lowest BCUT2D eigenvalue weighted by atomic mass is 10.0. The maximum Gasteiger partial charge on any atom is 0.227 e. The second kappa shape index (κ2) is 8.87. The summed E-state index contributed by atoms with van der Waals surface area (Å²) in [6.07, 6.45) is 5.07. The average Bonchev–Trinajstić information content (AvgIpc) is 3.02. The van der Waals surface area contributed by atoms with Crippen molar-refractivity contribution in [3.05, 3.63) is 29.3 Å². The lowest BCUT2D eigenvalue weighted by molar-refractivity contribution is -0.126. The molecule has 2 amide bonds. The number of anilines is 1. The number of piperidine rings is 1. The lowest BCUT2D eigenvalue weighted by Crippen LogP contribution is -2.40. The quantitative estimate of drug-likeness (QED) is 0.775. The first kappa shape index (κ1) is 19.2. The van der Waals surface area contributed by atoms with Crippen LogP contribution in [0.25, 0.3) is 0 Å². The van der Waals surface area contributed by atoms with Crippen molar-refractivity contribution in [1.82, 2.24) is 10.2 Å². The number of hydrogen-bond donors (Lipinski definition) is 1. The normalized spacial score (nSPS) is 24.1. The maximum absolute atomic E-state index is 12.4. The van der Waals surface area contributed by atoms with E-state index in [0.717, 1.165) is 13.0 Å². The van der Waals surface area contributed by atoms with Crippen LogP contribution in [0.2, 0.25) is 5.02 Å². The fourth-order valence-electron chi connectivity index (χ4n) is 3.91. The van der Waals surface area contributed by atoms with Crippen molar-refractivity contribution in [3.63, 3.8) is 0 Å². The number of likely N-dealkylation sites (tertiary alicyclic amines) is 1. The molecular weight excluding hydrogens is 350 g/mol. The van der Waals surface area contributed by atoms with Gasteiger partial charge >= 0.3 is 0 Å². The molecule has 6 heteroatoms. The van der Waals surface area contributed by atoms with Crippen molar-refractivity contribution < 1.29 is 9.59 Å². The summed E-state index contributed by atoms with van der Waals surface area (Å²) in [6, 6.07) is 7.92. The number of benzene rings is 1. The predicted molar refractivity (Wildman–Crippen MR) is 104 cm³/mol. The highest BCUT2D eigenvalue weighted by Crippen LogP contribution is 2.31. The third-order valence-electron chi connectivity index (χ3n) is 5.50. The molecule has 2 heterocycles. The van der Waals surface area contributed by atoms with E-state index < -0.39 is 0 Å². The Morgan fingerprint density at radius 3 is 2.88 bits per heavy atom. The van der Waals surface area contributed by atoms with E-state index in [0.29, 0.717) is 29.8 Å². The molecular formula is C20H28ClN3O2. The van der Waals surface area contributed by atoms with E-state index >= 15 is 0 Å². The number of para-hydroxylation sites is 1. The fraction of sp³-hybridized carbons (Fsp3) is 0.600. The van der Waals surface area contributed by atoms with Crippen LogP contribution in [0.1, 0.15) is 39.0 Å².